The summed E-state index contributed by atoms with van der Waals surface area (Å²) in [7, 11) is 1.56. The molecule has 2 heterocycles. The van der Waals surface area contributed by atoms with Crippen LogP contribution in [0.1, 0.15) is 36.0 Å². The molecule has 0 saturated heterocycles. The second-order valence-corrected chi connectivity index (χ2v) is 9.65. The van der Waals surface area contributed by atoms with Crippen molar-refractivity contribution < 1.29 is 19.1 Å². The van der Waals surface area contributed by atoms with Gasteiger partial charge in [-0.15, -0.1) is 22.7 Å². The lowest BCUT2D eigenvalue weighted by Gasteiger charge is -2.21. The third kappa shape index (κ3) is 6.62. The molecule has 0 aliphatic heterocycles. The quantitative estimate of drug-likeness (QED) is 0.425. The number of carbonyl (C=O) groups is 3. The van der Waals surface area contributed by atoms with Gasteiger partial charge in [-0.05, 0) is 42.3 Å². The minimum absolute atomic E-state index is 0.0811. The first kappa shape index (κ1) is 24.4. The van der Waals surface area contributed by atoms with E-state index < -0.39 is 6.04 Å². The summed E-state index contributed by atoms with van der Waals surface area (Å²) >= 11 is 2.85. The maximum absolute atomic E-state index is 12.9. The number of thiophene rings is 1. The van der Waals surface area contributed by atoms with Crippen LogP contribution >= 0.6 is 22.7 Å². The zero-order valence-corrected chi connectivity index (χ0v) is 20.4. The first-order chi connectivity index (χ1) is 15.8. The molecule has 1 unspecified atom stereocenters. The van der Waals surface area contributed by atoms with Gasteiger partial charge in [-0.1, -0.05) is 13.8 Å². The molecule has 0 aliphatic rings. The molecule has 3 aromatic rings. The predicted molar refractivity (Wildman–Crippen MR) is 131 cm³/mol. The fraction of sp³-hybridized carbons (Fsp3) is 0.304. The molecule has 3 rings (SSSR count). The van der Waals surface area contributed by atoms with Gasteiger partial charge in [0.25, 0.3) is 5.91 Å². The number of anilines is 1. The summed E-state index contributed by atoms with van der Waals surface area (Å²) in [6.45, 7) is 5.69. The topological polar surface area (TPSA) is 109 Å². The Hall–Kier alpha value is -3.24. The number of hydrogen-bond donors (Lipinski definition) is 3. The van der Waals surface area contributed by atoms with Crippen molar-refractivity contribution in [3.63, 3.8) is 0 Å². The van der Waals surface area contributed by atoms with Crippen LogP contribution in [0, 0.1) is 5.92 Å². The Morgan fingerprint density at radius 3 is 2.45 bits per heavy atom. The normalized spacial score (nSPS) is 11.7. The smallest absolute Gasteiger partial charge is 0.251 e. The number of methoxy groups -OCH3 is 1. The highest BCUT2D eigenvalue weighted by molar-refractivity contribution is 7.17. The average molecular weight is 487 g/mol. The molecule has 10 heteroatoms. The van der Waals surface area contributed by atoms with Gasteiger partial charge in [0.15, 0.2) is 5.13 Å². The summed E-state index contributed by atoms with van der Waals surface area (Å²) in [6, 6.07) is 9.85. The van der Waals surface area contributed by atoms with Gasteiger partial charge in [0.05, 0.1) is 24.2 Å². The SMILES string of the molecule is COc1ccc(C(=O)NC(C(=O)Nc2nc(-c3ccc(CNC(C)=O)s3)cs2)C(C)C)cc1. The van der Waals surface area contributed by atoms with Crippen molar-refractivity contribution >= 4 is 45.5 Å². The lowest BCUT2D eigenvalue weighted by Crippen LogP contribution is -2.47. The first-order valence-electron chi connectivity index (χ1n) is 10.3. The molecule has 2 aromatic heterocycles. The zero-order chi connectivity index (χ0) is 24.0. The van der Waals surface area contributed by atoms with Crippen LogP contribution in [0.4, 0.5) is 5.13 Å². The molecule has 1 atom stereocenters. The summed E-state index contributed by atoms with van der Waals surface area (Å²) in [6.07, 6.45) is 0. The Labute approximate surface area is 200 Å². The molecule has 0 fully saturated rings. The molecule has 33 heavy (non-hydrogen) atoms. The zero-order valence-electron chi connectivity index (χ0n) is 18.8. The second-order valence-electron chi connectivity index (χ2n) is 7.63. The molecule has 0 aliphatic carbocycles. The van der Waals surface area contributed by atoms with Crippen LogP contribution in [0.3, 0.4) is 0 Å². The number of nitrogens with one attached hydrogen (secondary N) is 3. The van der Waals surface area contributed by atoms with Gasteiger partial charge in [-0.3, -0.25) is 14.4 Å². The fourth-order valence-electron chi connectivity index (χ4n) is 2.95. The number of aromatic nitrogens is 1. The molecule has 0 saturated carbocycles. The number of ether oxygens (including phenoxy) is 1. The molecule has 174 valence electrons. The number of thiazole rings is 1. The van der Waals surface area contributed by atoms with E-state index >= 15 is 0 Å². The minimum atomic E-state index is -0.724. The average Bonchev–Trinajstić information content (AvgIpc) is 3.45. The first-order valence-corrected chi connectivity index (χ1v) is 12.0. The Bertz CT molecular complexity index is 1120. The lowest BCUT2D eigenvalue weighted by atomic mass is 10.0. The standard InChI is InChI=1S/C23H26N4O4S2/c1-13(2)20(26-21(29)15-5-7-16(31-4)8-6-15)22(30)27-23-25-18(12-32-23)19-10-9-17(33-19)11-24-14(3)28/h5-10,12-13,20H,11H2,1-4H3,(H,24,28)(H,26,29)(H,25,27,30). The molecular weight excluding hydrogens is 460 g/mol. The van der Waals surface area contributed by atoms with Crippen LogP contribution in [0.2, 0.25) is 0 Å². The molecular formula is C23H26N4O4S2. The lowest BCUT2D eigenvalue weighted by molar-refractivity contribution is -0.119. The van der Waals surface area contributed by atoms with E-state index in [0.717, 1.165) is 15.4 Å². The molecule has 0 bridgehead atoms. The van der Waals surface area contributed by atoms with Gasteiger partial charge in [-0.25, -0.2) is 4.98 Å². The van der Waals surface area contributed by atoms with Crippen molar-refractivity contribution in [2.24, 2.45) is 5.92 Å². The van der Waals surface area contributed by atoms with Crippen molar-refractivity contribution in [1.82, 2.24) is 15.6 Å². The van der Waals surface area contributed by atoms with Gasteiger partial charge in [0, 0.05) is 22.7 Å². The monoisotopic (exact) mass is 486 g/mol. The van der Waals surface area contributed by atoms with Gasteiger partial charge in [-0.2, -0.15) is 0 Å². The summed E-state index contributed by atoms with van der Waals surface area (Å²) in [4.78, 5) is 43.1. The Morgan fingerprint density at radius 1 is 1.09 bits per heavy atom. The van der Waals surface area contributed by atoms with Crippen molar-refractivity contribution in [2.45, 2.75) is 33.4 Å². The maximum Gasteiger partial charge on any atom is 0.251 e. The summed E-state index contributed by atoms with van der Waals surface area (Å²) in [5.41, 5.74) is 1.19. The largest absolute Gasteiger partial charge is 0.497 e. The van der Waals surface area contributed by atoms with Crippen molar-refractivity contribution in [2.75, 3.05) is 12.4 Å². The number of nitrogens with zero attached hydrogens (tertiary/aromatic N) is 1. The van der Waals surface area contributed by atoms with Crippen LogP contribution in [0.5, 0.6) is 5.75 Å². The third-order valence-corrected chi connectivity index (χ3v) is 6.61. The fourth-order valence-corrected chi connectivity index (χ4v) is 4.65. The Balaban J connectivity index is 1.64. The van der Waals surface area contributed by atoms with Crippen LogP contribution in [-0.2, 0) is 16.1 Å². The van der Waals surface area contributed by atoms with E-state index in [2.05, 4.69) is 20.9 Å². The number of hydrogen-bond acceptors (Lipinski definition) is 7. The van der Waals surface area contributed by atoms with Crippen molar-refractivity contribution in [1.29, 1.82) is 0 Å². The van der Waals surface area contributed by atoms with Crippen LogP contribution in [0.25, 0.3) is 10.6 Å². The minimum Gasteiger partial charge on any atom is -0.497 e. The van der Waals surface area contributed by atoms with Gasteiger partial charge in [0.1, 0.15) is 11.8 Å². The molecule has 3 amide bonds. The highest BCUT2D eigenvalue weighted by Gasteiger charge is 2.25. The molecule has 0 spiro atoms. The number of amides is 3. The van der Waals surface area contributed by atoms with E-state index in [1.54, 1.807) is 31.4 Å². The van der Waals surface area contributed by atoms with E-state index in [9.17, 15) is 14.4 Å². The summed E-state index contributed by atoms with van der Waals surface area (Å²) in [5.74, 6) is -0.221. The highest BCUT2D eigenvalue weighted by atomic mass is 32.1. The van der Waals surface area contributed by atoms with Gasteiger partial charge in [0.2, 0.25) is 11.8 Å². The van der Waals surface area contributed by atoms with E-state index in [0.29, 0.717) is 23.0 Å². The van der Waals surface area contributed by atoms with Gasteiger partial charge < -0.3 is 20.7 Å². The molecule has 3 N–H and O–H groups in total. The van der Waals surface area contributed by atoms with Crippen molar-refractivity contribution in [3.05, 3.63) is 52.2 Å². The molecule has 0 radical (unpaired) electrons. The maximum atomic E-state index is 12.9. The number of rotatable bonds is 9. The van der Waals surface area contributed by atoms with Crippen molar-refractivity contribution in [3.8, 4) is 16.3 Å². The Kier molecular flexibility index (Phi) is 8.18. The van der Waals surface area contributed by atoms with Crippen LogP contribution < -0.4 is 20.7 Å². The predicted octanol–water partition coefficient (Wildman–Crippen LogP) is 3.91. The molecule has 8 nitrogen and oxygen atoms in total. The highest BCUT2D eigenvalue weighted by Crippen LogP contribution is 2.31. The third-order valence-electron chi connectivity index (χ3n) is 4.75. The van der Waals surface area contributed by atoms with Gasteiger partial charge >= 0.3 is 0 Å². The van der Waals surface area contributed by atoms with Crippen LogP contribution in [-0.4, -0.2) is 35.9 Å². The number of carbonyl (C=O) groups excluding carboxylic acids is 3. The number of benzene rings is 1. The molecule has 1 aromatic carbocycles. The van der Waals surface area contributed by atoms with E-state index in [4.69, 9.17) is 4.74 Å². The van der Waals surface area contributed by atoms with E-state index in [1.807, 2.05) is 31.4 Å². The Morgan fingerprint density at radius 2 is 1.82 bits per heavy atom. The van der Waals surface area contributed by atoms with E-state index in [-0.39, 0.29) is 23.6 Å². The summed E-state index contributed by atoms with van der Waals surface area (Å²) in [5, 5.41) is 10.7. The van der Waals surface area contributed by atoms with Crippen LogP contribution in [0.15, 0.2) is 41.8 Å². The second kappa shape index (κ2) is 11.1. The summed E-state index contributed by atoms with van der Waals surface area (Å²) < 4.78 is 5.11. The van der Waals surface area contributed by atoms with E-state index in [1.165, 1.54) is 29.6 Å².